The minimum atomic E-state index is 0.0369. The minimum Gasteiger partial charge on any atom is -0.496 e. The van der Waals surface area contributed by atoms with Gasteiger partial charge in [-0.05, 0) is 43.9 Å². The Labute approximate surface area is 114 Å². The molecular formula is C15H21NO3. The third-order valence-corrected chi connectivity index (χ3v) is 3.59. The maximum atomic E-state index is 12.5. The number of likely N-dealkylation sites (tertiary alicyclic amines) is 1. The molecule has 0 unspecified atom stereocenters. The van der Waals surface area contributed by atoms with Crippen molar-refractivity contribution in [3.63, 3.8) is 0 Å². The zero-order chi connectivity index (χ0) is 13.8. The summed E-state index contributed by atoms with van der Waals surface area (Å²) in [6, 6.07) is 3.64. The second kappa shape index (κ2) is 5.95. The first-order valence-electron chi connectivity index (χ1n) is 6.69. The Balaban J connectivity index is 2.33. The van der Waals surface area contributed by atoms with Crippen LogP contribution in [0.1, 0.15) is 35.2 Å². The molecule has 4 heteroatoms. The first kappa shape index (κ1) is 13.7. The van der Waals surface area contributed by atoms with Crippen molar-refractivity contribution in [1.29, 1.82) is 0 Å². The predicted molar refractivity (Wildman–Crippen MR) is 74.0 cm³/mol. The molecule has 1 saturated heterocycles. The molecule has 1 heterocycles. The number of ether oxygens (including phenoxy) is 2. The van der Waals surface area contributed by atoms with E-state index in [-0.39, 0.29) is 5.91 Å². The molecule has 0 aromatic heterocycles. The fourth-order valence-electron chi connectivity index (χ4n) is 2.48. The van der Waals surface area contributed by atoms with Crippen LogP contribution in [0, 0.1) is 6.92 Å². The number of piperidine rings is 1. The fourth-order valence-corrected chi connectivity index (χ4v) is 2.48. The lowest BCUT2D eigenvalue weighted by molar-refractivity contribution is 0.0720. The highest BCUT2D eigenvalue weighted by atomic mass is 16.5. The Hall–Kier alpha value is -1.71. The smallest absolute Gasteiger partial charge is 0.257 e. The average molecular weight is 263 g/mol. The standard InChI is InChI=1S/C15H21NO3/c1-11-9-14(19-3)12(10-13(11)18-2)15(17)16-7-5-4-6-8-16/h9-10H,4-8H2,1-3H3. The third kappa shape index (κ3) is 2.83. The van der Waals surface area contributed by atoms with E-state index in [4.69, 9.17) is 9.47 Å². The number of nitrogens with zero attached hydrogens (tertiary/aromatic N) is 1. The van der Waals surface area contributed by atoms with Crippen LogP contribution in [0.2, 0.25) is 0 Å². The van der Waals surface area contributed by atoms with Gasteiger partial charge in [0.05, 0.1) is 19.8 Å². The largest absolute Gasteiger partial charge is 0.496 e. The number of methoxy groups -OCH3 is 2. The Morgan fingerprint density at radius 1 is 1.05 bits per heavy atom. The molecule has 0 aliphatic carbocycles. The van der Waals surface area contributed by atoms with E-state index >= 15 is 0 Å². The highest BCUT2D eigenvalue weighted by Crippen LogP contribution is 2.29. The Bertz CT molecular complexity index is 465. The molecule has 19 heavy (non-hydrogen) atoms. The van der Waals surface area contributed by atoms with E-state index in [1.807, 2.05) is 17.9 Å². The van der Waals surface area contributed by atoms with Crippen LogP contribution in [0.25, 0.3) is 0 Å². The van der Waals surface area contributed by atoms with Crippen molar-refractivity contribution in [2.75, 3.05) is 27.3 Å². The Morgan fingerprint density at radius 2 is 1.68 bits per heavy atom. The van der Waals surface area contributed by atoms with Gasteiger partial charge in [-0.1, -0.05) is 0 Å². The quantitative estimate of drug-likeness (QED) is 0.841. The van der Waals surface area contributed by atoms with Crippen LogP contribution in [-0.2, 0) is 0 Å². The first-order chi connectivity index (χ1) is 9.17. The molecule has 1 aliphatic rings. The summed E-state index contributed by atoms with van der Waals surface area (Å²) in [4.78, 5) is 14.4. The number of carbonyl (C=O) groups excluding carboxylic acids is 1. The number of hydrogen-bond donors (Lipinski definition) is 0. The lowest BCUT2D eigenvalue weighted by Crippen LogP contribution is -2.35. The average Bonchev–Trinajstić information content (AvgIpc) is 2.47. The summed E-state index contributed by atoms with van der Waals surface area (Å²) >= 11 is 0. The van der Waals surface area contributed by atoms with Gasteiger partial charge in [-0.2, -0.15) is 0 Å². The Morgan fingerprint density at radius 3 is 2.26 bits per heavy atom. The maximum Gasteiger partial charge on any atom is 0.257 e. The van der Waals surface area contributed by atoms with E-state index in [0.717, 1.165) is 37.2 Å². The summed E-state index contributed by atoms with van der Waals surface area (Å²) in [6.45, 7) is 3.60. The Kier molecular flexibility index (Phi) is 4.30. The van der Waals surface area contributed by atoms with Crippen LogP contribution in [0.15, 0.2) is 12.1 Å². The zero-order valence-electron chi connectivity index (χ0n) is 11.9. The van der Waals surface area contributed by atoms with E-state index in [1.54, 1.807) is 20.3 Å². The van der Waals surface area contributed by atoms with Crippen molar-refractivity contribution in [2.24, 2.45) is 0 Å². The number of amides is 1. The van der Waals surface area contributed by atoms with Crippen LogP contribution < -0.4 is 9.47 Å². The van der Waals surface area contributed by atoms with Crippen LogP contribution in [0.5, 0.6) is 11.5 Å². The van der Waals surface area contributed by atoms with E-state index in [2.05, 4.69) is 0 Å². The summed E-state index contributed by atoms with van der Waals surface area (Å²) < 4.78 is 10.6. The molecule has 104 valence electrons. The molecule has 1 amide bonds. The van der Waals surface area contributed by atoms with Crippen LogP contribution in [0.4, 0.5) is 0 Å². The second-order valence-electron chi connectivity index (χ2n) is 4.87. The number of benzene rings is 1. The topological polar surface area (TPSA) is 38.8 Å². The van der Waals surface area contributed by atoms with E-state index in [0.29, 0.717) is 11.3 Å². The molecule has 1 aromatic rings. The predicted octanol–water partition coefficient (Wildman–Crippen LogP) is 2.64. The molecule has 0 radical (unpaired) electrons. The third-order valence-electron chi connectivity index (χ3n) is 3.59. The van der Waals surface area contributed by atoms with Gasteiger partial charge in [-0.25, -0.2) is 0 Å². The van der Waals surface area contributed by atoms with Crippen LogP contribution in [0.3, 0.4) is 0 Å². The van der Waals surface area contributed by atoms with Crippen molar-refractivity contribution >= 4 is 5.91 Å². The molecule has 1 aromatic carbocycles. The number of rotatable bonds is 3. The van der Waals surface area contributed by atoms with E-state index in [1.165, 1.54) is 6.42 Å². The van der Waals surface area contributed by atoms with Gasteiger partial charge < -0.3 is 14.4 Å². The molecule has 0 spiro atoms. The van der Waals surface area contributed by atoms with E-state index in [9.17, 15) is 4.79 Å². The number of aryl methyl sites for hydroxylation is 1. The molecule has 0 N–H and O–H groups in total. The maximum absolute atomic E-state index is 12.5. The molecule has 1 fully saturated rings. The molecule has 0 atom stereocenters. The summed E-state index contributed by atoms with van der Waals surface area (Å²) in [5.74, 6) is 1.38. The molecule has 0 bridgehead atoms. The summed E-state index contributed by atoms with van der Waals surface area (Å²) in [6.07, 6.45) is 3.37. The molecular weight excluding hydrogens is 242 g/mol. The second-order valence-corrected chi connectivity index (χ2v) is 4.87. The summed E-state index contributed by atoms with van der Waals surface area (Å²) in [5, 5.41) is 0. The molecule has 0 saturated carbocycles. The molecule has 1 aliphatic heterocycles. The molecule has 2 rings (SSSR count). The highest BCUT2D eigenvalue weighted by molar-refractivity contribution is 5.97. The minimum absolute atomic E-state index is 0.0369. The lowest BCUT2D eigenvalue weighted by Gasteiger charge is -2.27. The summed E-state index contributed by atoms with van der Waals surface area (Å²) in [5.41, 5.74) is 1.56. The highest BCUT2D eigenvalue weighted by Gasteiger charge is 2.22. The van der Waals surface area contributed by atoms with Crippen molar-refractivity contribution in [3.8, 4) is 11.5 Å². The van der Waals surface area contributed by atoms with Crippen molar-refractivity contribution in [1.82, 2.24) is 4.90 Å². The number of carbonyl (C=O) groups is 1. The number of hydrogen-bond acceptors (Lipinski definition) is 3. The fraction of sp³-hybridized carbons (Fsp3) is 0.533. The van der Waals surface area contributed by atoms with Gasteiger partial charge in [0.15, 0.2) is 0 Å². The van der Waals surface area contributed by atoms with Gasteiger partial charge in [0.25, 0.3) is 5.91 Å². The van der Waals surface area contributed by atoms with Gasteiger partial charge in [0.1, 0.15) is 11.5 Å². The van der Waals surface area contributed by atoms with E-state index < -0.39 is 0 Å². The van der Waals surface area contributed by atoms with Gasteiger partial charge in [-0.15, -0.1) is 0 Å². The van der Waals surface area contributed by atoms with Crippen molar-refractivity contribution in [2.45, 2.75) is 26.2 Å². The monoisotopic (exact) mass is 263 g/mol. The van der Waals surface area contributed by atoms with Gasteiger partial charge in [-0.3, -0.25) is 4.79 Å². The zero-order valence-corrected chi connectivity index (χ0v) is 11.9. The van der Waals surface area contributed by atoms with Crippen LogP contribution >= 0.6 is 0 Å². The SMILES string of the molecule is COc1cc(C(=O)N2CCCCC2)c(OC)cc1C. The molecule has 4 nitrogen and oxygen atoms in total. The van der Waals surface area contributed by atoms with Crippen LogP contribution in [-0.4, -0.2) is 38.1 Å². The summed E-state index contributed by atoms with van der Waals surface area (Å²) in [7, 11) is 3.21. The van der Waals surface area contributed by atoms with Gasteiger partial charge >= 0.3 is 0 Å². The lowest BCUT2D eigenvalue weighted by atomic mass is 10.1. The van der Waals surface area contributed by atoms with Gasteiger partial charge in [0.2, 0.25) is 0 Å². The normalized spacial score (nSPS) is 15.2. The van der Waals surface area contributed by atoms with Gasteiger partial charge in [0, 0.05) is 13.1 Å². The first-order valence-corrected chi connectivity index (χ1v) is 6.69. The van der Waals surface area contributed by atoms with Crippen molar-refractivity contribution in [3.05, 3.63) is 23.3 Å². The van der Waals surface area contributed by atoms with Crippen molar-refractivity contribution < 1.29 is 14.3 Å².